The maximum absolute atomic E-state index is 14.0. The Balaban J connectivity index is 1.48. The summed E-state index contributed by atoms with van der Waals surface area (Å²) in [6, 6.07) is 6.65. The molecule has 3 heterocycles. The first-order chi connectivity index (χ1) is 14.9. The van der Waals surface area contributed by atoms with Crippen molar-refractivity contribution in [2.24, 2.45) is 0 Å². The van der Waals surface area contributed by atoms with E-state index < -0.39 is 5.41 Å². The molecule has 0 radical (unpaired) electrons. The Morgan fingerprint density at radius 3 is 2.48 bits per heavy atom. The third-order valence-corrected chi connectivity index (χ3v) is 7.61. The summed E-state index contributed by atoms with van der Waals surface area (Å²) in [5.41, 5.74) is -0.251. The van der Waals surface area contributed by atoms with Crippen LogP contribution in [0.4, 0.5) is 4.39 Å². The zero-order chi connectivity index (χ0) is 22.1. The Kier molecular flexibility index (Phi) is 6.35. The third-order valence-electron chi connectivity index (χ3n) is 7.61. The molecule has 6 nitrogen and oxygen atoms in total. The standard InChI is InChI=1S/C24H33FN2O4/c1-18(28)26(2)21-6-13-31-23(17-21)7-11-27(12-8-23)22(29)24(9-14-30-15-10-24)19-4-3-5-20(25)16-19/h3-5,16,21H,6-15,17H2,1-2H3/t21-/m1/s1. The molecule has 0 unspecified atom stereocenters. The summed E-state index contributed by atoms with van der Waals surface area (Å²) in [5, 5.41) is 0. The van der Waals surface area contributed by atoms with Gasteiger partial charge in [0, 0.05) is 52.9 Å². The van der Waals surface area contributed by atoms with Gasteiger partial charge >= 0.3 is 0 Å². The minimum atomic E-state index is -0.727. The third kappa shape index (κ3) is 4.35. The Bertz CT molecular complexity index is 816. The minimum Gasteiger partial charge on any atom is -0.381 e. The molecule has 0 aliphatic carbocycles. The van der Waals surface area contributed by atoms with Crippen LogP contribution in [0, 0.1) is 5.82 Å². The predicted octanol–water partition coefficient (Wildman–Crippen LogP) is 2.89. The molecule has 170 valence electrons. The van der Waals surface area contributed by atoms with Crippen molar-refractivity contribution in [1.82, 2.24) is 9.80 Å². The van der Waals surface area contributed by atoms with Gasteiger partial charge in [-0.25, -0.2) is 4.39 Å². The van der Waals surface area contributed by atoms with Gasteiger partial charge in [0.05, 0.1) is 11.0 Å². The fourth-order valence-electron chi connectivity index (χ4n) is 5.49. The Hall–Kier alpha value is -1.99. The van der Waals surface area contributed by atoms with Gasteiger partial charge < -0.3 is 19.3 Å². The van der Waals surface area contributed by atoms with Crippen LogP contribution in [-0.2, 0) is 24.5 Å². The number of hydrogen-bond acceptors (Lipinski definition) is 4. The summed E-state index contributed by atoms with van der Waals surface area (Å²) in [5.74, 6) is -0.166. The fraction of sp³-hybridized carbons (Fsp3) is 0.667. The van der Waals surface area contributed by atoms with Crippen molar-refractivity contribution in [3.8, 4) is 0 Å². The average molecular weight is 433 g/mol. The summed E-state index contributed by atoms with van der Waals surface area (Å²) in [6.07, 6.45) is 4.32. The molecule has 4 rings (SSSR count). The molecule has 3 saturated heterocycles. The molecule has 0 saturated carbocycles. The van der Waals surface area contributed by atoms with Gasteiger partial charge in [-0.2, -0.15) is 0 Å². The van der Waals surface area contributed by atoms with Crippen LogP contribution in [0.2, 0.25) is 0 Å². The molecule has 3 fully saturated rings. The van der Waals surface area contributed by atoms with Gasteiger partial charge in [-0.15, -0.1) is 0 Å². The van der Waals surface area contributed by atoms with E-state index in [-0.39, 0.29) is 29.3 Å². The van der Waals surface area contributed by atoms with Gasteiger partial charge in [-0.3, -0.25) is 9.59 Å². The largest absolute Gasteiger partial charge is 0.381 e. The molecular formula is C24H33FN2O4. The van der Waals surface area contributed by atoms with Crippen LogP contribution in [0.15, 0.2) is 24.3 Å². The van der Waals surface area contributed by atoms with E-state index in [0.717, 1.165) is 31.2 Å². The van der Waals surface area contributed by atoms with Gasteiger partial charge in [0.2, 0.25) is 11.8 Å². The smallest absolute Gasteiger partial charge is 0.233 e. The number of hydrogen-bond donors (Lipinski definition) is 0. The lowest BCUT2D eigenvalue weighted by Crippen LogP contribution is -2.57. The molecule has 0 aromatic heterocycles. The van der Waals surface area contributed by atoms with Crippen molar-refractivity contribution >= 4 is 11.8 Å². The van der Waals surface area contributed by atoms with Gasteiger partial charge in [0.25, 0.3) is 0 Å². The first-order valence-corrected chi connectivity index (χ1v) is 11.4. The summed E-state index contributed by atoms with van der Waals surface area (Å²) in [4.78, 5) is 29.4. The van der Waals surface area contributed by atoms with Crippen LogP contribution in [0.5, 0.6) is 0 Å². The lowest BCUT2D eigenvalue weighted by molar-refractivity contribution is -0.157. The highest BCUT2D eigenvalue weighted by molar-refractivity contribution is 5.88. The maximum atomic E-state index is 14.0. The van der Waals surface area contributed by atoms with Crippen molar-refractivity contribution in [1.29, 1.82) is 0 Å². The number of likely N-dealkylation sites (tertiary alicyclic amines) is 1. The highest BCUT2D eigenvalue weighted by Crippen LogP contribution is 2.41. The van der Waals surface area contributed by atoms with E-state index in [0.29, 0.717) is 45.8 Å². The van der Waals surface area contributed by atoms with E-state index in [9.17, 15) is 14.0 Å². The van der Waals surface area contributed by atoms with Gasteiger partial charge in [-0.05, 0) is 56.2 Å². The van der Waals surface area contributed by atoms with Gasteiger partial charge in [0.15, 0.2) is 0 Å². The summed E-state index contributed by atoms with van der Waals surface area (Å²) >= 11 is 0. The van der Waals surface area contributed by atoms with Crippen LogP contribution < -0.4 is 0 Å². The number of benzene rings is 1. The first kappa shape index (κ1) is 22.2. The molecule has 1 aromatic rings. The molecular weight excluding hydrogens is 399 g/mol. The van der Waals surface area contributed by atoms with Crippen molar-refractivity contribution < 1.29 is 23.5 Å². The lowest BCUT2D eigenvalue weighted by Gasteiger charge is -2.49. The highest BCUT2D eigenvalue weighted by atomic mass is 19.1. The van der Waals surface area contributed by atoms with Gasteiger partial charge in [0.1, 0.15) is 5.82 Å². The number of piperidine rings is 1. The molecule has 0 N–H and O–H groups in total. The number of carbonyl (C=O) groups is 2. The van der Waals surface area contributed by atoms with Crippen LogP contribution in [0.1, 0.15) is 51.0 Å². The Morgan fingerprint density at radius 2 is 1.84 bits per heavy atom. The normalized spacial score (nSPS) is 25.3. The Morgan fingerprint density at radius 1 is 1.13 bits per heavy atom. The molecule has 1 aromatic carbocycles. The topological polar surface area (TPSA) is 59.1 Å². The molecule has 31 heavy (non-hydrogen) atoms. The molecule has 0 bridgehead atoms. The van der Waals surface area contributed by atoms with E-state index in [2.05, 4.69) is 0 Å². The van der Waals surface area contributed by atoms with E-state index >= 15 is 0 Å². The van der Waals surface area contributed by atoms with Crippen molar-refractivity contribution in [2.45, 2.75) is 62.5 Å². The zero-order valence-corrected chi connectivity index (χ0v) is 18.6. The number of amides is 2. The van der Waals surface area contributed by atoms with Gasteiger partial charge in [-0.1, -0.05) is 12.1 Å². The summed E-state index contributed by atoms with van der Waals surface area (Å²) in [6.45, 7) is 4.48. The molecule has 7 heteroatoms. The maximum Gasteiger partial charge on any atom is 0.233 e. The van der Waals surface area contributed by atoms with Crippen LogP contribution >= 0.6 is 0 Å². The fourth-order valence-corrected chi connectivity index (χ4v) is 5.49. The van der Waals surface area contributed by atoms with E-state index in [4.69, 9.17) is 9.47 Å². The zero-order valence-electron chi connectivity index (χ0n) is 18.6. The highest BCUT2D eigenvalue weighted by Gasteiger charge is 2.48. The quantitative estimate of drug-likeness (QED) is 0.737. The van der Waals surface area contributed by atoms with E-state index in [1.165, 1.54) is 12.1 Å². The SMILES string of the molecule is CC(=O)N(C)[C@@H]1CCOC2(CCN(C(=O)C3(c4cccc(F)c4)CCOCC3)CC2)C1. The number of nitrogens with zero attached hydrogens (tertiary/aromatic N) is 2. The van der Waals surface area contributed by atoms with Crippen LogP contribution in [0.3, 0.4) is 0 Å². The Labute approximate surface area is 183 Å². The number of carbonyl (C=O) groups excluding carboxylic acids is 2. The van der Waals surface area contributed by atoms with Crippen molar-refractivity contribution in [3.63, 3.8) is 0 Å². The van der Waals surface area contributed by atoms with Crippen molar-refractivity contribution in [3.05, 3.63) is 35.6 Å². The second kappa shape index (κ2) is 8.87. The number of rotatable bonds is 3. The van der Waals surface area contributed by atoms with E-state index in [1.807, 2.05) is 22.9 Å². The molecule has 3 aliphatic heterocycles. The van der Waals surface area contributed by atoms with Crippen molar-refractivity contribution in [2.75, 3.05) is 40.0 Å². The van der Waals surface area contributed by atoms with Crippen LogP contribution in [-0.4, -0.2) is 73.2 Å². The molecule has 1 atom stereocenters. The molecule has 2 amide bonds. The second-order valence-electron chi connectivity index (χ2n) is 9.31. The molecule has 3 aliphatic rings. The number of ether oxygens (including phenoxy) is 2. The summed E-state index contributed by atoms with van der Waals surface area (Å²) < 4.78 is 25.8. The number of halogens is 1. The second-order valence-corrected chi connectivity index (χ2v) is 9.31. The minimum absolute atomic E-state index is 0.0736. The average Bonchev–Trinajstić information content (AvgIpc) is 2.79. The van der Waals surface area contributed by atoms with Crippen LogP contribution in [0.25, 0.3) is 0 Å². The summed E-state index contributed by atoms with van der Waals surface area (Å²) in [7, 11) is 1.86. The molecule has 1 spiro atoms. The predicted molar refractivity (Wildman–Crippen MR) is 114 cm³/mol. The monoisotopic (exact) mass is 432 g/mol. The van der Waals surface area contributed by atoms with E-state index in [1.54, 1.807) is 13.0 Å². The lowest BCUT2D eigenvalue weighted by atomic mass is 9.72. The first-order valence-electron chi connectivity index (χ1n) is 11.4.